The van der Waals surface area contributed by atoms with E-state index in [1.807, 2.05) is 0 Å². The Morgan fingerprint density at radius 2 is 1.42 bits per heavy atom. The topological polar surface area (TPSA) is 122 Å². The maximum atomic E-state index is 11.6. The molecule has 0 saturated carbocycles. The molecule has 0 bridgehead atoms. The van der Waals surface area contributed by atoms with Crippen molar-refractivity contribution in [1.82, 2.24) is 9.80 Å². The Hall–Kier alpha value is -1.22. The van der Waals surface area contributed by atoms with Crippen molar-refractivity contribution in [3.8, 4) is 0 Å². The van der Waals surface area contributed by atoms with Gasteiger partial charge in [-0.15, -0.1) is 0 Å². The summed E-state index contributed by atoms with van der Waals surface area (Å²) in [7, 11) is 0. The van der Waals surface area contributed by atoms with E-state index in [2.05, 4.69) is 13.8 Å². The zero-order valence-electron chi connectivity index (χ0n) is 14.9. The molecule has 0 heterocycles. The number of hydrogen-bond acceptors (Lipinski definition) is 6. The van der Waals surface area contributed by atoms with Crippen LogP contribution in [0.2, 0.25) is 0 Å². The van der Waals surface area contributed by atoms with E-state index in [9.17, 15) is 9.59 Å². The molecule has 8 heteroatoms. The van der Waals surface area contributed by atoms with Crippen LogP contribution < -0.4 is 0 Å². The summed E-state index contributed by atoms with van der Waals surface area (Å²) in [6.45, 7) is 5.25. The van der Waals surface area contributed by atoms with Gasteiger partial charge in [0.2, 0.25) is 12.3 Å². The molecular weight excluding hydrogens is 316 g/mol. The zero-order valence-corrected chi connectivity index (χ0v) is 14.9. The first-order valence-electron chi connectivity index (χ1n) is 8.41. The van der Waals surface area contributed by atoms with Gasteiger partial charge in [0.15, 0.2) is 0 Å². The van der Waals surface area contributed by atoms with E-state index in [1.54, 1.807) is 0 Å². The molecule has 8 nitrogen and oxygen atoms in total. The van der Waals surface area contributed by atoms with Crippen LogP contribution in [0.15, 0.2) is 0 Å². The van der Waals surface area contributed by atoms with Crippen molar-refractivity contribution in [2.75, 3.05) is 52.6 Å². The van der Waals surface area contributed by atoms with Gasteiger partial charge in [0, 0.05) is 32.6 Å². The lowest BCUT2D eigenvalue weighted by Crippen LogP contribution is -2.35. The predicted molar refractivity (Wildman–Crippen MR) is 91.2 cm³/mol. The molecule has 0 aliphatic rings. The van der Waals surface area contributed by atoms with Gasteiger partial charge in [0.05, 0.1) is 26.4 Å². The molecule has 0 aromatic carbocycles. The highest BCUT2D eigenvalue weighted by Gasteiger charge is 2.13. The van der Waals surface area contributed by atoms with E-state index >= 15 is 0 Å². The molecule has 0 aliphatic heterocycles. The van der Waals surface area contributed by atoms with Crippen LogP contribution in [-0.4, -0.2) is 95.1 Å². The monoisotopic (exact) mass is 350 g/mol. The Balaban J connectivity index is 0. The zero-order chi connectivity index (χ0) is 18.8. The van der Waals surface area contributed by atoms with E-state index in [1.165, 1.54) is 9.80 Å². The van der Waals surface area contributed by atoms with Crippen LogP contribution in [0.5, 0.6) is 0 Å². The highest BCUT2D eigenvalue weighted by Crippen LogP contribution is 2.10. The minimum absolute atomic E-state index is 0.0263. The van der Waals surface area contributed by atoms with Crippen LogP contribution >= 0.6 is 0 Å². The second-order valence-electron chi connectivity index (χ2n) is 5.47. The van der Waals surface area contributed by atoms with Crippen LogP contribution in [0, 0.1) is 5.92 Å². The fourth-order valence-corrected chi connectivity index (χ4v) is 1.81. The summed E-state index contributed by atoms with van der Waals surface area (Å²) in [4.78, 5) is 24.5. The molecule has 0 aromatic heterocycles. The number of nitrogens with zero attached hydrogens (tertiary/aromatic N) is 2. The van der Waals surface area contributed by atoms with Gasteiger partial charge in [-0.2, -0.15) is 0 Å². The third kappa shape index (κ3) is 14.4. The smallest absolute Gasteiger partial charge is 0.222 e. The van der Waals surface area contributed by atoms with Gasteiger partial charge in [-0.25, -0.2) is 0 Å². The lowest BCUT2D eigenvalue weighted by molar-refractivity contribution is -0.132. The molecule has 0 rings (SSSR count). The summed E-state index contributed by atoms with van der Waals surface area (Å²) in [6.07, 6.45) is 3.07. The van der Waals surface area contributed by atoms with Gasteiger partial charge in [0.1, 0.15) is 0 Å². The van der Waals surface area contributed by atoms with Crippen LogP contribution in [0.3, 0.4) is 0 Å². The van der Waals surface area contributed by atoms with Crippen molar-refractivity contribution >= 4 is 12.3 Å². The van der Waals surface area contributed by atoms with Gasteiger partial charge in [-0.1, -0.05) is 20.3 Å². The van der Waals surface area contributed by atoms with Gasteiger partial charge in [-0.3, -0.25) is 9.59 Å². The molecule has 4 N–H and O–H groups in total. The van der Waals surface area contributed by atoms with Crippen molar-refractivity contribution in [2.24, 2.45) is 5.92 Å². The lowest BCUT2D eigenvalue weighted by Gasteiger charge is -2.21. The van der Waals surface area contributed by atoms with Crippen LogP contribution in [0.4, 0.5) is 0 Å². The Bertz CT molecular complexity index is 292. The maximum Gasteiger partial charge on any atom is 0.222 e. The molecule has 0 aromatic rings. The normalized spacial score (nSPS) is 11.2. The van der Waals surface area contributed by atoms with E-state index in [0.29, 0.717) is 44.9 Å². The summed E-state index contributed by atoms with van der Waals surface area (Å²) in [5.74, 6) is 0.581. The van der Waals surface area contributed by atoms with Crippen LogP contribution in [0.25, 0.3) is 0 Å². The van der Waals surface area contributed by atoms with E-state index < -0.39 is 0 Å². The van der Waals surface area contributed by atoms with Crippen molar-refractivity contribution in [3.63, 3.8) is 0 Å². The number of amides is 2. The first-order valence-corrected chi connectivity index (χ1v) is 8.41. The largest absolute Gasteiger partial charge is 0.395 e. The Labute approximate surface area is 144 Å². The van der Waals surface area contributed by atoms with Crippen molar-refractivity contribution in [3.05, 3.63) is 0 Å². The predicted octanol–water partition coefficient (Wildman–Crippen LogP) is -0.945. The molecule has 0 spiro atoms. The lowest BCUT2D eigenvalue weighted by atomic mass is 10.0. The van der Waals surface area contributed by atoms with E-state index in [0.717, 1.165) is 12.8 Å². The molecule has 0 saturated heterocycles. The fraction of sp³-hybridized carbons (Fsp3) is 0.875. The van der Waals surface area contributed by atoms with Crippen molar-refractivity contribution < 1.29 is 30.0 Å². The molecule has 1 atom stereocenters. The van der Waals surface area contributed by atoms with Gasteiger partial charge in [-0.05, 0) is 12.3 Å². The Kier molecular flexibility index (Phi) is 18.9. The Morgan fingerprint density at radius 1 is 0.958 bits per heavy atom. The number of rotatable bonds is 13. The first kappa shape index (κ1) is 25.0. The fourth-order valence-electron chi connectivity index (χ4n) is 1.81. The summed E-state index contributed by atoms with van der Waals surface area (Å²) in [5, 5.41) is 34.1. The summed E-state index contributed by atoms with van der Waals surface area (Å²) in [5.41, 5.74) is 0. The summed E-state index contributed by atoms with van der Waals surface area (Å²) >= 11 is 0. The number of carbonyl (C=O) groups excluding carboxylic acids is 2. The number of carbonyl (C=O) groups is 2. The van der Waals surface area contributed by atoms with E-state index in [4.69, 9.17) is 20.4 Å². The molecule has 0 aliphatic carbocycles. The minimum Gasteiger partial charge on any atom is -0.395 e. The van der Waals surface area contributed by atoms with Crippen LogP contribution in [-0.2, 0) is 9.59 Å². The quantitative estimate of drug-likeness (QED) is 0.318. The average Bonchev–Trinajstić information content (AvgIpc) is 2.59. The van der Waals surface area contributed by atoms with Gasteiger partial charge >= 0.3 is 0 Å². The third-order valence-corrected chi connectivity index (χ3v) is 3.56. The number of hydrogen-bond donors (Lipinski definition) is 4. The molecule has 0 fully saturated rings. The highest BCUT2D eigenvalue weighted by atomic mass is 16.3. The average molecular weight is 350 g/mol. The maximum absolute atomic E-state index is 11.6. The second kappa shape index (κ2) is 18.1. The number of aliphatic hydroxyl groups is 4. The molecule has 24 heavy (non-hydrogen) atoms. The number of aliphatic hydroxyl groups excluding tert-OH is 4. The second-order valence-corrected chi connectivity index (χ2v) is 5.47. The Morgan fingerprint density at radius 3 is 1.75 bits per heavy atom. The van der Waals surface area contributed by atoms with Gasteiger partial charge < -0.3 is 30.2 Å². The molecule has 0 radical (unpaired) electrons. The minimum atomic E-state index is -0.0568. The van der Waals surface area contributed by atoms with Crippen molar-refractivity contribution in [1.29, 1.82) is 0 Å². The summed E-state index contributed by atoms with van der Waals surface area (Å²) < 4.78 is 0. The third-order valence-electron chi connectivity index (χ3n) is 3.56. The first-order chi connectivity index (χ1) is 11.5. The SMILES string of the molecule is CCC(C)CCC(=O)N(CCO)CCO.O=CN(CCO)CCO. The summed E-state index contributed by atoms with van der Waals surface area (Å²) in [6, 6.07) is 0. The van der Waals surface area contributed by atoms with Gasteiger partial charge in [0.25, 0.3) is 0 Å². The molecular formula is C16H34N2O6. The van der Waals surface area contributed by atoms with Crippen molar-refractivity contribution in [2.45, 2.75) is 33.1 Å². The van der Waals surface area contributed by atoms with E-state index in [-0.39, 0.29) is 32.3 Å². The highest BCUT2D eigenvalue weighted by molar-refractivity contribution is 5.76. The molecule has 144 valence electrons. The standard InChI is InChI=1S/C11H23NO3.C5H11NO3/c1-3-10(2)4-5-11(15)12(6-8-13)7-9-14;7-3-1-6(5-9)2-4-8/h10,13-14H,3-9H2,1-2H3;5,7-8H,1-4H2. The van der Waals surface area contributed by atoms with Crippen LogP contribution in [0.1, 0.15) is 33.1 Å². The molecule has 2 amide bonds. The molecule has 1 unspecified atom stereocenters.